The van der Waals surface area contributed by atoms with Crippen LogP contribution in [0.3, 0.4) is 0 Å². The van der Waals surface area contributed by atoms with Gasteiger partial charge in [-0.25, -0.2) is 4.98 Å². The first-order chi connectivity index (χ1) is 16.9. The van der Waals surface area contributed by atoms with E-state index >= 15 is 0 Å². The van der Waals surface area contributed by atoms with Gasteiger partial charge < -0.3 is 10.1 Å². The maximum absolute atomic E-state index is 13.1. The number of amides is 2. The van der Waals surface area contributed by atoms with Crippen molar-refractivity contribution in [2.24, 2.45) is 5.10 Å². The predicted molar refractivity (Wildman–Crippen MR) is 140 cm³/mol. The minimum absolute atomic E-state index is 0.226. The normalized spacial score (nSPS) is 10.7. The van der Waals surface area contributed by atoms with Crippen LogP contribution >= 0.6 is 11.6 Å². The summed E-state index contributed by atoms with van der Waals surface area (Å²) in [6.07, 6.45) is 5.63. The molecule has 3 rings (SSSR count). The Morgan fingerprint density at radius 2 is 1.91 bits per heavy atom. The molecule has 1 N–H and O–H groups in total. The first-order valence-electron chi connectivity index (χ1n) is 10.7. The molecule has 0 aliphatic heterocycles. The van der Waals surface area contributed by atoms with Gasteiger partial charge >= 0.3 is 0 Å². The average Bonchev–Trinajstić information content (AvgIpc) is 2.88. The molecule has 2 aromatic carbocycles. The fraction of sp³-hybridized carbons (Fsp3) is 0.154. The number of hydrazone groups is 1. The Hall–Kier alpha value is -4.01. The van der Waals surface area contributed by atoms with Crippen molar-refractivity contribution in [1.29, 1.82) is 0 Å². The van der Waals surface area contributed by atoms with Crippen molar-refractivity contribution in [2.75, 3.05) is 37.5 Å². The lowest BCUT2D eigenvalue weighted by molar-refractivity contribution is -0.106. The van der Waals surface area contributed by atoms with Crippen molar-refractivity contribution < 1.29 is 14.3 Å². The maximum atomic E-state index is 13.1. The lowest BCUT2D eigenvalue weighted by Gasteiger charge is -2.21. The molecule has 9 heteroatoms. The van der Waals surface area contributed by atoms with Crippen LogP contribution in [0.5, 0.6) is 0 Å². The fourth-order valence-corrected chi connectivity index (χ4v) is 3.28. The fourth-order valence-electron chi connectivity index (χ4n) is 3.11. The second kappa shape index (κ2) is 12.5. The number of benzene rings is 2. The molecule has 0 bridgehead atoms. The molecular weight excluding hydrogens is 466 g/mol. The highest BCUT2D eigenvalue weighted by atomic mass is 35.5. The number of ether oxygens (including phenoxy) is 1. The molecular formula is C26H26ClN5O3. The van der Waals surface area contributed by atoms with Crippen LogP contribution in [-0.4, -0.2) is 55.8 Å². The summed E-state index contributed by atoms with van der Waals surface area (Å²) in [5.74, 6) is -0.0839. The van der Waals surface area contributed by atoms with Crippen molar-refractivity contribution in [3.63, 3.8) is 0 Å². The molecule has 1 aromatic heterocycles. The molecule has 0 unspecified atom stereocenters. The standard InChI is InChI=1S/C26H26ClN5O3/c1-4-19-7-12-25(28-16-19)30-26(34)23-15-21(27)8-11-24(23)32(18-33)22-9-5-20(6-10-22)17-29-31(2)13-14-35-3/h4-12,15-18H,1,13-14H2,2-3H3,(H,28,30,34). The van der Waals surface area contributed by atoms with Gasteiger partial charge in [0.05, 0.1) is 30.6 Å². The van der Waals surface area contributed by atoms with Crippen LogP contribution in [-0.2, 0) is 9.53 Å². The zero-order valence-electron chi connectivity index (χ0n) is 19.5. The van der Waals surface area contributed by atoms with Crippen molar-refractivity contribution in [3.8, 4) is 0 Å². The first-order valence-corrected chi connectivity index (χ1v) is 11.1. The van der Waals surface area contributed by atoms with Crippen LogP contribution in [0.2, 0.25) is 5.02 Å². The molecule has 0 aliphatic rings. The zero-order chi connectivity index (χ0) is 25.2. The number of likely N-dealkylation sites (N-methyl/N-ethyl adjacent to an activating group) is 1. The Bertz CT molecular complexity index is 1200. The summed E-state index contributed by atoms with van der Waals surface area (Å²) < 4.78 is 5.04. The second-order valence-corrected chi connectivity index (χ2v) is 7.92. The molecule has 8 nitrogen and oxygen atoms in total. The number of carbonyl (C=O) groups excluding carboxylic acids is 2. The van der Waals surface area contributed by atoms with Crippen LogP contribution in [0.25, 0.3) is 6.08 Å². The van der Waals surface area contributed by atoms with Gasteiger partial charge in [-0.15, -0.1) is 0 Å². The van der Waals surface area contributed by atoms with Gasteiger partial charge in [-0.3, -0.25) is 19.5 Å². The van der Waals surface area contributed by atoms with E-state index in [1.807, 2.05) is 19.2 Å². The Morgan fingerprint density at radius 1 is 1.17 bits per heavy atom. The topological polar surface area (TPSA) is 87.1 Å². The van der Waals surface area contributed by atoms with Gasteiger partial charge in [0.1, 0.15) is 5.82 Å². The number of hydrogen-bond acceptors (Lipinski definition) is 6. The van der Waals surface area contributed by atoms with Crippen LogP contribution in [0.1, 0.15) is 21.5 Å². The van der Waals surface area contributed by atoms with E-state index in [0.717, 1.165) is 11.1 Å². The number of methoxy groups -OCH3 is 1. The Morgan fingerprint density at radius 3 is 2.54 bits per heavy atom. The van der Waals surface area contributed by atoms with Crippen LogP contribution in [0, 0.1) is 0 Å². The van der Waals surface area contributed by atoms with Gasteiger partial charge in [0.2, 0.25) is 6.41 Å². The number of halogens is 1. The number of hydrogen-bond donors (Lipinski definition) is 1. The summed E-state index contributed by atoms with van der Waals surface area (Å²) >= 11 is 6.17. The number of nitrogens with zero attached hydrogens (tertiary/aromatic N) is 4. The van der Waals surface area contributed by atoms with Gasteiger partial charge in [-0.05, 0) is 53.6 Å². The highest BCUT2D eigenvalue weighted by molar-refractivity contribution is 6.31. The third-order valence-corrected chi connectivity index (χ3v) is 5.26. The minimum atomic E-state index is -0.448. The number of carbonyl (C=O) groups is 2. The molecule has 180 valence electrons. The van der Waals surface area contributed by atoms with E-state index in [9.17, 15) is 9.59 Å². The summed E-state index contributed by atoms with van der Waals surface area (Å²) in [4.78, 5) is 30.7. The molecule has 2 amide bonds. The van der Waals surface area contributed by atoms with E-state index in [1.165, 1.54) is 11.0 Å². The summed E-state index contributed by atoms with van der Waals surface area (Å²) in [5.41, 5.74) is 2.87. The third kappa shape index (κ3) is 6.99. The maximum Gasteiger partial charge on any atom is 0.259 e. The summed E-state index contributed by atoms with van der Waals surface area (Å²) in [6.45, 7) is 4.93. The van der Waals surface area contributed by atoms with Crippen LogP contribution in [0.15, 0.2) is 72.5 Å². The number of anilines is 3. The van der Waals surface area contributed by atoms with Crippen molar-refractivity contribution in [3.05, 3.63) is 89.1 Å². The number of nitrogens with one attached hydrogen (secondary N) is 1. The van der Waals surface area contributed by atoms with Gasteiger partial charge in [0.15, 0.2) is 0 Å². The van der Waals surface area contributed by atoms with Gasteiger partial charge in [-0.1, -0.05) is 36.4 Å². The number of aromatic nitrogens is 1. The van der Waals surface area contributed by atoms with Gasteiger partial charge in [-0.2, -0.15) is 5.10 Å². The Kier molecular flexibility index (Phi) is 9.11. The van der Waals surface area contributed by atoms with Gasteiger partial charge in [0, 0.05) is 31.1 Å². The molecule has 0 aliphatic carbocycles. The minimum Gasteiger partial charge on any atom is -0.383 e. The first kappa shape index (κ1) is 25.6. The van der Waals surface area contributed by atoms with E-state index in [0.29, 0.717) is 41.8 Å². The monoisotopic (exact) mass is 491 g/mol. The predicted octanol–water partition coefficient (Wildman–Crippen LogP) is 4.84. The highest BCUT2D eigenvalue weighted by Crippen LogP contribution is 2.30. The van der Waals surface area contributed by atoms with E-state index in [4.69, 9.17) is 16.3 Å². The Labute approximate surface area is 209 Å². The molecule has 0 radical (unpaired) electrons. The molecule has 35 heavy (non-hydrogen) atoms. The van der Waals surface area contributed by atoms with Crippen LogP contribution < -0.4 is 10.2 Å². The van der Waals surface area contributed by atoms with Crippen molar-refractivity contribution in [2.45, 2.75) is 0 Å². The van der Waals surface area contributed by atoms with Gasteiger partial charge in [0.25, 0.3) is 5.91 Å². The van der Waals surface area contributed by atoms with E-state index in [1.54, 1.807) is 67.0 Å². The molecule has 0 saturated heterocycles. The lowest BCUT2D eigenvalue weighted by Crippen LogP contribution is -2.21. The van der Waals surface area contributed by atoms with E-state index < -0.39 is 5.91 Å². The van der Waals surface area contributed by atoms with Crippen LogP contribution in [0.4, 0.5) is 17.2 Å². The van der Waals surface area contributed by atoms with E-state index in [-0.39, 0.29) is 5.56 Å². The third-order valence-electron chi connectivity index (χ3n) is 5.03. The molecule has 0 saturated carbocycles. The summed E-state index contributed by atoms with van der Waals surface area (Å²) in [7, 11) is 3.50. The van der Waals surface area contributed by atoms with Crippen molar-refractivity contribution >= 4 is 53.4 Å². The molecule has 0 atom stereocenters. The molecule has 3 aromatic rings. The molecule has 0 spiro atoms. The summed E-state index contributed by atoms with van der Waals surface area (Å²) in [5, 5.41) is 9.23. The smallest absolute Gasteiger partial charge is 0.259 e. The second-order valence-electron chi connectivity index (χ2n) is 7.48. The SMILES string of the molecule is C=Cc1ccc(NC(=O)c2cc(Cl)ccc2N(C=O)c2ccc(C=NN(C)CCOC)cc2)nc1. The Balaban J connectivity index is 1.83. The molecule has 1 heterocycles. The number of pyridine rings is 1. The largest absolute Gasteiger partial charge is 0.383 e. The van der Waals surface area contributed by atoms with E-state index in [2.05, 4.69) is 22.0 Å². The lowest BCUT2D eigenvalue weighted by atomic mass is 10.1. The number of rotatable bonds is 11. The molecule has 0 fully saturated rings. The van der Waals surface area contributed by atoms with Crippen molar-refractivity contribution in [1.82, 2.24) is 9.99 Å². The summed E-state index contributed by atoms with van der Waals surface area (Å²) in [6, 6.07) is 15.4. The quantitative estimate of drug-likeness (QED) is 0.236. The zero-order valence-corrected chi connectivity index (χ0v) is 20.3. The highest BCUT2D eigenvalue weighted by Gasteiger charge is 2.19. The average molecular weight is 492 g/mol.